The molecule has 0 spiro atoms. The normalized spacial score (nSPS) is 25.7. The monoisotopic (exact) mass is 197 g/mol. The molecular formula is C13H27N. The summed E-state index contributed by atoms with van der Waals surface area (Å²) in [6, 6.07) is 0.947. The van der Waals surface area contributed by atoms with Crippen LogP contribution < -0.4 is 0 Å². The Kier molecular flexibility index (Phi) is 5.54. The molecule has 1 rings (SSSR count). The summed E-state index contributed by atoms with van der Waals surface area (Å²) in [6.45, 7) is 6.01. The summed E-state index contributed by atoms with van der Waals surface area (Å²) in [4.78, 5) is 2.45. The van der Waals surface area contributed by atoms with Crippen LogP contribution in [-0.2, 0) is 0 Å². The molecule has 1 heteroatoms. The highest BCUT2D eigenvalue weighted by molar-refractivity contribution is 4.85. The van der Waals surface area contributed by atoms with Gasteiger partial charge >= 0.3 is 0 Å². The molecule has 1 nitrogen and oxygen atoms in total. The van der Waals surface area contributed by atoms with E-state index in [0.717, 1.165) is 12.0 Å². The topological polar surface area (TPSA) is 3.01 Å². The maximum Gasteiger partial charge on any atom is 0.0220 e. The van der Waals surface area contributed by atoms with E-state index < -0.39 is 0 Å². The first-order valence-corrected chi connectivity index (χ1v) is 6.48. The van der Waals surface area contributed by atoms with Crippen LogP contribution in [0.1, 0.15) is 58.8 Å². The molecule has 0 amide bonds. The Morgan fingerprint density at radius 1 is 1.14 bits per heavy atom. The van der Waals surface area contributed by atoms with Crippen molar-refractivity contribution < 1.29 is 0 Å². The largest absolute Gasteiger partial charge is 0.301 e. The number of likely N-dealkylation sites (N-methyl/N-ethyl adjacent to an activating group) is 1. The Hall–Kier alpha value is -0.0400. The molecule has 1 saturated heterocycles. The van der Waals surface area contributed by atoms with Crippen LogP contribution in [0.25, 0.3) is 0 Å². The third-order valence-corrected chi connectivity index (χ3v) is 3.79. The minimum atomic E-state index is 0.947. The second-order valence-electron chi connectivity index (χ2n) is 4.91. The van der Waals surface area contributed by atoms with Crippen LogP contribution in [-0.4, -0.2) is 24.5 Å². The Bertz CT molecular complexity index is 140. The molecule has 0 bridgehead atoms. The molecule has 2 unspecified atom stereocenters. The number of hydrogen-bond donors (Lipinski definition) is 0. The van der Waals surface area contributed by atoms with E-state index in [1.165, 1.54) is 51.5 Å². The maximum atomic E-state index is 2.45. The van der Waals surface area contributed by atoms with Gasteiger partial charge in [-0.1, -0.05) is 52.4 Å². The summed E-state index contributed by atoms with van der Waals surface area (Å²) in [5.41, 5.74) is 0. The van der Waals surface area contributed by atoms with Gasteiger partial charge in [0.2, 0.25) is 0 Å². The SMILES string of the molecule is CCC(CC)CCCCCC1CN1C. The molecular weight excluding hydrogens is 170 g/mol. The molecule has 0 N–H and O–H groups in total. The van der Waals surface area contributed by atoms with Gasteiger partial charge in [-0.15, -0.1) is 0 Å². The lowest BCUT2D eigenvalue weighted by Gasteiger charge is -2.11. The summed E-state index contributed by atoms with van der Waals surface area (Å²) in [7, 11) is 2.23. The van der Waals surface area contributed by atoms with Gasteiger partial charge < -0.3 is 4.90 Å². The molecule has 0 aromatic rings. The highest BCUT2D eigenvalue weighted by Gasteiger charge is 2.28. The van der Waals surface area contributed by atoms with E-state index in [-0.39, 0.29) is 0 Å². The van der Waals surface area contributed by atoms with Crippen LogP contribution in [0.15, 0.2) is 0 Å². The van der Waals surface area contributed by atoms with Crippen LogP contribution in [0.5, 0.6) is 0 Å². The highest BCUT2D eigenvalue weighted by Crippen LogP contribution is 2.22. The molecule has 0 aromatic heterocycles. The second kappa shape index (κ2) is 6.44. The van der Waals surface area contributed by atoms with Crippen molar-refractivity contribution in [1.82, 2.24) is 4.90 Å². The van der Waals surface area contributed by atoms with Gasteiger partial charge in [0.1, 0.15) is 0 Å². The van der Waals surface area contributed by atoms with E-state index >= 15 is 0 Å². The number of nitrogens with zero attached hydrogens (tertiary/aromatic N) is 1. The van der Waals surface area contributed by atoms with Crippen LogP contribution in [0.2, 0.25) is 0 Å². The van der Waals surface area contributed by atoms with Gasteiger partial charge in [0.15, 0.2) is 0 Å². The fourth-order valence-electron chi connectivity index (χ4n) is 2.28. The Morgan fingerprint density at radius 3 is 2.29 bits per heavy atom. The summed E-state index contributed by atoms with van der Waals surface area (Å²) in [5.74, 6) is 0.999. The average Bonchev–Trinajstić information content (AvgIpc) is 2.88. The standard InChI is InChI=1S/C13H27N/c1-4-12(5-2)9-7-6-8-10-13-11-14(13)3/h12-13H,4-11H2,1-3H3. The van der Waals surface area contributed by atoms with Crippen molar-refractivity contribution in [2.45, 2.75) is 64.8 Å². The fourth-order valence-corrected chi connectivity index (χ4v) is 2.28. The first kappa shape index (κ1) is 12.0. The maximum absolute atomic E-state index is 2.45. The van der Waals surface area contributed by atoms with Crippen LogP contribution in [0.4, 0.5) is 0 Å². The summed E-state index contributed by atoms with van der Waals surface area (Å²) >= 11 is 0. The molecule has 1 aliphatic heterocycles. The molecule has 14 heavy (non-hydrogen) atoms. The van der Waals surface area contributed by atoms with E-state index in [2.05, 4.69) is 25.8 Å². The fraction of sp³-hybridized carbons (Fsp3) is 1.00. The predicted molar refractivity (Wildman–Crippen MR) is 63.6 cm³/mol. The first-order chi connectivity index (χ1) is 6.77. The highest BCUT2D eigenvalue weighted by atomic mass is 15.3. The zero-order chi connectivity index (χ0) is 10.4. The van der Waals surface area contributed by atoms with Gasteiger partial charge in [-0.05, 0) is 19.4 Å². The predicted octanol–water partition coefficient (Wildman–Crippen LogP) is 3.69. The minimum Gasteiger partial charge on any atom is -0.301 e. The van der Waals surface area contributed by atoms with E-state index in [9.17, 15) is 0 Å². The summed E-state index contributed by atoms with van der Waals surface area (Å²) in [6.07, 6.45) is 10.0. The van der Waals surface area contributed by atoms with E-state index in [0.29, 0.717) is 0 Å². The number of hydrogen-bond acceptors (Lipinski definition) is 1. The Balaban J connectivity index is 1.83. The van der Waals surface area contributed by atoms with Crippen LogP contribution >= 0.6 is 0 Å². The van der Waals surface area contributed by atoms with Crippen LogP contribution in [0.3, 0.4) is 0 Å². The van der Waals surface area contributed by atoms with Gasteiger partial charge in [0, 0.05) is 12.6 Å². The third kappa shape index (κ3) is 4.45. The lowest BCUT2D eigenvalue weighted by molar-refractivity contribution is 0.425. The molecule has 2 atom stereocenters. The zero-order valence-electron chi connectivity index (χ0n) is 10.3. The van der Waals surface area contributed by atoms with Crippen molar-refractivity contribution in [1.29, 1.82) is 0 Å². The molecule has 1 heterocycles. The van der Waals surface area contributed by atoms with Gasteiger partial charge in [0.05, 0.1) is 0 Å². The summed E-state index contributed by atoms with van der Waals surface area (Å²) < 4.78 is 0. The van der Waals surface area contributed by atoms with Crippen molar-refractivity contribution in [3.8, 4) is 0 Å². The molecule has 0 saturated carbocycles. The average molecular weight is 197 g/mol. The zero-order valence-corrected chi connectivity index (χ0v) is 10.3. The molecule has 0 radical (unpaired) electrons. The van der Waals surface area contributed by atoms with Crippen molar-refractivity contribution in [2.24, 2.45) is 5.92 Å². The molecule has 0 aromatic carbocycles. The van der Waals surface area contributed by atoms with Crippen molar-refractivity contribution in [3.63, 3.8) is 0 Å². The first-order valence-electron chi connectivity index (χ1n) is 6.48. The Morgan fingerprint density at radius 2 is 1.79 bits per heavy atom. The lowest BCUT2D eigenvalue weighted by Crippen LogP contribution is -1.97. The Labute approximate surface area is 89.9 Å². The number of unbranched alkanes of at least 4 members (excludes halogenated alkanes) is 2. The van der Waals surface area contributed by atoms with Gasteiger partial charge in [-0.2, -0.15) is 0 Å². The van der Waals surface area contributed by atoms with E-state index in [1.807, 2.05) is 0 Å². The van der Waals surface area contributed by atoms with Crippen LogP contribution in [0, 0.1) is 5.92 Å². The van der Waals surface area contributed by atoms with E-state index in [1.54, 1.807) is 0 Å². The van der Waals surface area contributed by atoms with E-state index in [4.69, 9.17) is 0 Å². The van der Waals surface area contributed by atoms with Crippen molar-refractivity contribution in [2.75, 3.05) is 13.6 Å². The lowest BCUT2D eigenvalue weighted by atomic mass is 9.96. The smallest absolute Gasteiger partial charge is 0.0220 e. The van der Waals surface area contributed by atoms with Crippen molar-refractivity contribution in [3.05, 3.63) is 0 Å². The van der Waals surface area contributed by atoms with Gasteiger partial charge in [-0.3, -0.25) is 0 Å². The molecule has 84 valence electrons. The third-order valence-electron chi connectivity index (χ3n) is 3.79. The minimum absolute atomic E-state index is 0.947. The second-order valence-corrected chi connectivity index (χ2v) is 4.91. The summed E-state index contributed by atoms with van der Waals surface area (Å²) in [5, 5.41) is 0. The van der Waals surface area contributed by atoms with Crippen molar-refractivity contribution >= 4 is 0 Å². The molecule has 1 fully saturated rings. The number of rotatable bonds is 8. The quantitative estimate of drug-likeness (QED) is 0.423. The van der Waals surface area contributed by atoms with Gasteiger partial charge in [-0.25, -0.2) is 0 Å². The molecule has 0 aliphatic carbocycles. The van der Waals surface area contributed by atoms with Gasteiger partial charge in [0.25, 0.3) is 0 Å². The molecule has 1 aliphatic rings.